The predicted octanol–water partition coefficient (Wildman–Crippen LogP) is 2.85. The van der Waals surface area contributed by atoms with Crippen molar-refractivity contribution >= 4 is 11.7 Å². The molecule has 2 aliphatic rings. The van der Waals surface area contributed by atoms with Crippen LogP contribution in [0.25, 0.3) is 0 Å². The summed E-state index contributed by atoms with van der Waals surface area (Å²) in [4.78, 5) is 16.9. The van der Waals surface area contributed by atoms with Crippen molar-refractivity contribution in [2.75, 3.05) is 5.32 Å². The number of fused-ring (bicyclic) bond motifs is 1. The predicted molar refractivity (Wildman–Crippen MR) is 83.4 cm³/mol. The van der Waals surface area contributed by atoms with E-state index in [2.05, 4.69) is 53.5 Å². The third-order valence-electron chi connectivity index (χ3n) is 4.46. The second-order valence-corrected chi connectivity index (χ2v) is 6.30. The van der Waals surface area contributed by atoms with Gasteiger partial charge in [-0.1, -0.05) is 36.8 Å². The zero-order chi connectivity index (χ0) is 15.3. The molecule has 22 heavy (non-hydrogen) atoms. The standard InChI is InChI=1S/C17H18N4O/c1-10-3-5-12(6-4-10)16-15-13(7-11(2)8-14(15)22)20-17-18-9-19-21(16)17/h3-6,9,11,16H,7-8H2,1-2H3,(H,18,19,20)/t11-,16+/m0/s1. The molecule has 0 saturated carbocycles. The molecule has 0 fully saturated rings. The molecule has 112 valence electrons. The van der Waals surface area contributed by atoms with E-state index >= 15 is 0 Å². The van der Waals surface area contributed by atoms with Crippen LogP contribution in [0.1, 0.15) is 36.9 Å². The lowest BCUT2D eigenvalue weighted by Crippen LogP contribution is -2.33. The van der Waals surface area contributed by atoms with Crippen molar-refractivity contribution in [3.63, 3.8) is 0 Å². The maximum Gasteiger partial charge on any atom is 0.226 e. The van der Waals surface area contributed by atoms with Crippen molar-refractivity contribution in [2.45, 2.75) is 32.7 Å². The summed E-state index contributed by atoms with van der Waals surface area (Å²) in [5.41, 5.74) is 4.14. The average molecular weight is 294 g/mol. The number of rotatable bonds is 1. The monoisotopic (exact) mass is 294 g/mol. The van der Waals surface area contributed by atoms with Crippen molar-refractivity contribution < 1.29 is 4.79 Å². The summed E-state index contributed by atoms with van der Waals surface area (Å²) in [7, 11) is 0. The van der Waals surface area contributed by atoms with E-state index in [9.17, 15) is 4.79 Å². The fourth-order valence-electron chi connectivity index (χ4n) is 3.40. The van der Waals surface area contributed by atoms with E-state index in [4.69, 9.17) is 0 Å². The lowest BCUT2D eigenvalue weighted by atomic mass is 9.81. The number of aryl methyl sites for hydroxylation is 1. The number of allylic oxidation sites excluding steroid dienone is 2. The normalized spacial score (nSPS) is 23.8. The van der Waals surface area contributed by atoms with Crippen LogP contribution in [0.3, 0.4) is 0 Å². The van der Waals surface area contributed by atoms with Gasteiger partial charge in [0.1, 0.15) is 12.4 Å². The van der Waals surface area contributed by atoms with Gasteiger partial charge in [0.25, 0.3) is 0 Å². The van der Waals surface area contributed by atoms with Gasteiger partial charge >= 0.3 is 0 Å². The molecular formula is C17H18N4O. The highest BCUT2D eigenvalue weighted by Crippen LogP contribution is 2.40. The molecule has 5 heteroatoms. The van der Waals surface area contributed by atoms with Gasteiger partial charge in [0.15, 0.2) is 5.78 Å². The second kappa shape index (κ2) is 4.80. The second-order valence-electron chi connectivity index (χ2n) is 6.30. The van der Waals surface area contributed by atoms with Gasteiger partial charge in [0.05, 0.1) is 0 Å². The van der Waals surface area contributed by atoms with E-state index in [0.717, 1.165) is 23.3 Å². The topological polar surface area (TPSA) is 59.8 Å². The van der Waals surface area contributed by atoms with Gasteiger partial charge in [-0.05, 0) is 24.8 Å². The fraction of sp³-hybridized carbons (Fsp3) is 0.353. The number of hydrogen-bond acceptors (Lipinski definition) is 4. The first-order valence-electron chi connectivity index (χ1n) is 7.63. The summed E-state index contributed by atoms with van der Waals surface area (Å²) in [6.45, 7) is 4.18. The molecule has 2 atom stereocenters. The van der Waals surface area contributed by atoms with Crippen LogP contribution in [0.4, 0.5) is 5.95 Å². The van der Waals surface area contributed by atoms with E-state index in [1.165, 1.54) is 11.9 Å². The molecular weight excluding hydrogens is 276 g/mol. The third kappa shape index (κ3) is 1.96. The van der Waals surface area contributed by atoms with Crippen LogP contribution >= 0.6 is 0 Å². The molecule has 2 heterocycles. The summed E-state index contributed by atoms with van der Waals surface area (Å²) in [6, 6.07) is 8.13. The number of aromatic nitrogens is 3. The number of carbonyl (C=O) groups excluding carboxylic acids is 1. The lowest BCUT2D eigenvalue weighted by Gasteiger charge is -2.34. The highest BCUT2D eigenvalue weighted by molar-refractivity contribution is 5.99. The summed E-state index contributed by atoms with van der Waals surface area (Å²) in [5.74, 6) is 1.30. The van der Waals surface area contributed by atoms with E-state index in [0.29, 0.717) is 18.3 Å². The van der Waals surface area contributed by atoms with E-state index in [-0.39, 0.29) is 11.8 Å². The van der Waals surface area contributed by atoms with Gasteiger partial charge in [-0.2, -0.15) is 10.1 Å². The highest BCUT2D eigenvalue weighted by Gasteiger charge is 2.37. The van der Waals surface area contributed by atoms with Gasteiger partial charge in [-0.15, -0.1) is 0 Å². The number of nitrogens with one attached hydrogen (secondary N) is 1. The van der Waals surface area contributed by atoms with Gasteiger partial charge in [-0.3, -0.25) is 4.79 Å². The first-order valence-corrected chi connectivity index (χ1v) is 7.63. The average Bonchev–Trinajstić information content (AvgIpc) is 2.93. The Bertz CT molecular complexity index is 772. The van der Waals surface area contributed by atoms with Gasteiger partial charge in [-0.25, -0.2) is 4.68 Å². The van der Waals surface area contributed by atoms with E-state index in [1.807, 2.05) is 4.68 Å². The quantitative estimate of drug-likeness (QED) is 0.878. The Hall–Kier alpha value is -2.43. The molecule has 1 aliphatic carbocycles. The summed E-state index contributed by atoms with van der Waals surface area (Å²) in [6.07, 6.45) is 3.03. The van der Waals surface area contributed by atoms with Crippen molar-refractivity contribution in [3.8, 4) is 0 Å². The maximum absolute atomic E-state index is 12.7. The molecule has 0 spiro atoms. The van der Waals surface area contributed by atoms with E-state index in [1.54, 1.807) is 0 Å². The Kier molecular flexibility index (Phi) is 2.89. The Morgan fingerprint density at radius 3 is 2.77 bits per heavy atom. The minimum atomic E-state index is -0.172. The first kappa shape index (κ1) is 13.2. The number of anilines is 1. The third-order valence-corrected chi connectivity index (χ3v) is 4.46. The van der Waals surface area contributed by atoms with Gasteiger partial charge in [0.2, 0.25) is 5.95 Å². The van der Waals surface area contributed by atoms with Crippen LogP contribution in [-0.2, 0) is 4.79 Å². The maximum atomic E-state index is 12.7. The molecule has 0 amide bonds. The molecule has 4 rings (SSSR count). The van der Waals surface area contributed by atoms with Gasteiger partial charge < -0.3 is 5.32 Å². The number of benzene rings is 1. The summed E-state index contributed by atoms with van der Waals surface area (Å²) < 4.78 is 1.82. The molecule has 0 radical (unpaired) electrons. The SMILES string of the molecule is Cc1ccc([C@@H]2C3=C(C[C@H](C)CC3=O)Nc3ncnn32)cc1. The zero-order valence-electron chi connectivity index (χ0n) is 12.7. The van der Waals surface area contributed by atoms with Gasteiger partial charge in [0, 0.05) is 17.7 Å². The van der Waals surface area contributed by atoms with Crippen molar-refractivity contribution in [1.29, 1.82) is 0 Å². The van der Waals surface area contributed by atoms with Crippen LogP contribution in [0.15, 0.2) is 41.9 Å². The fourth-order valence-corrected chi connectivity index (χ4v) is 3.40. The van der Waals surface area contributed by atoms with Crippen LogP contribution < -0.4 is 5.32 Å². The number of Topliss-reactive ketones (excluding diaryl/α,β-unsaturated/α-hetero) is 1. The Morgan fingerprint density at radius 1 is 1.23 bits per heavy atom. The largest absolute Gasteiger partial charge is 0.328 e. The summed E-state index contributed by atoms with van der Waals surface area (Å²) in [5, 5.41) is 7.64. The highest BCUT2D eigenvalue weighted by atomic mass is 16.1. The molecule has 1 N–H and O–H groups in total. The Labute approximate surface area is 129 Å². The number of ketones is 1. The summed E-state index contributed by atoms with van der Waals surface area (Å²) >= 11 is 0. The van der Waals surface area contributed by atoms with Crippen molar-refractivity contribution in [2.24, 2.45) is 5.92 Å². The van der Waals surface area contributed by atoms with Crippen LogP contribution in [-0.4, -0.2) is 20.5 Å². The molecule has 0 bridgehead atoms. The molecule has 1 aromatic heterocycles. The van der Waals surface area contributed by atoms with Crippen LogP contribution in [0.2, 0.25) is 0 Å². The van der Waals surface area contributed by atoms with Crippen molar-refractivity contribution in [3.05, 3.63) is 53.0 Å². The minimum Gasteiger partial charge on any atom is -0.328 e. The zero-order valence-corrected chi connectivity index (χ0v) is 12.7. The van der Waals surface area contributed by atoms with E-state index < -0.39 is 0 Å². The van der Waals surface area contributed by atoms with Crippen LogP contribution in [0, 0.1) is 12.8 Å². The van der Waals surface area contributed by atoms with Crippen LogP contribution in [0.5, 0.6) is 0 Å². The molecule has 0 saturated heterocycles. The smallest absolute Gasteiger partial charge is 0.226 e. The molecule has 5 nitrogen and oxygen atoms in total. The molecule has 1 aromatic carbocycles. The molecule has 1 aliphatic heterocycles. The number of hydrogen-bond donors (Lipinski definition) is 1. The molecule has 0 unspecified atom stereocenters. The Balaban J connectivity index is 1.89. The molecule has 2 aromatic rings. The number of nitrogens with zero attached hydrogens (tertiary/aromatic N) is 3. The first-order chi connectivity index (χ1) is 10.6. The van der Waals surface area contributed by atoms with Crippen molar-refractivity contribution in [1.82, 2.24) is 14.8 Å². The Morgan fingerprint density at radius 2 is 2.00 bits per heavy atom. The lowest BCUT2D eigenvalue weighted by molar-refractivity contribution is -0.117. The number of carbonyl (C=O) groups is 1. The minimum absolute atomic E-state index is 0.172.